The van der Waals surface area contributed by atoms with Crippen LogP contribution >= 0.6 is 22.9 Å². The van der Waals surface area contributed by atoms with Gasteiger partial charge in [0.05, 0.1) is 5.02 Å². The lowest BCUT2D eigenvalue weighted by atomic mass is 10.0. The van der Waals surface area contributed by atoms with Gasteiger partial charge in [-0.25, -0.2) is 0 Å². The van der Waals surface area contributed by atoms with E-state index >= 15 is 0 Å². The van der Waals surface area contributed by atoms with Crippen molar-refractivity contribution in [2.75, 3.05) is 26.7 Å². The van der Waals surface area contributed by atoms with Gasteiger partial charge in [0, 0.05) is 26.2 Å². The van der Waals surface area contributed by atoms with Crippen LogP contribution in [0.5, 0.6) is 0 Å². The number of likely N-dealkylation sites (tertiary alicyclic amines) is 1. The van der Waals surface area contributed by atoms with Gasteiger partial charge in [0.2, 0.25) is 0 Å². The minimum atomic E-state index is 0.0462. The summed E-state index contributed by atoms with van der Waals surface area (Å²) in [6.07, 6.45) is 3.25. The highest BCUT2D eigenvalue weighted by Gasteiger charge is 2.27. The number of rotatable bonds is 5. The molecule has 3 nitrogen and oxygen atoms in total. The van der Waals surface area contributed by atoms with E-state index in [-0.39, 0.29) is 11.9 Å². The van der Waals surface area contributed by atoms with Crippen LogP contribution in [0.25, 0.3) is 0 Å². The van der Waals surface area contributed by atoms with Crippen molar-refractivity contribution in [2.24, 2.45) is 0 Å². The van der Waals surface area contributed by atoms with E-state index in [9.17, 15) is 4.79 Å². The van der Waals surface area contributed by atoms with Crippen LogP contribution in [0.15, 0.2) is 41.8 Å². The molecule has 1 amide bonds. The van der Waals surface area contributed by atoms with Crippen LogP contribution in [0.1, 0.15) is 28.1 Å². The molecule has 0 spiro atoms. The Balaban J connectivity index is 1.56. The summed E-state index contributed by atoms with van der Waals surface area (Å²) in [5, 5.41) is 2.43. The Bertz CT molecular complexity index is 673. The van der Waals surface area contributed by atoms with Gasteiger partial charge in [-0.3, -0.25) is 4.79 Å². The average molecular weight is 363 g/mol. The van der Waals surface area contributed by atoms with E-state index in [1.165, 1.54) is 16.9 Å². The number of hydrogen-bond acceptors (Lipinski definition) is 3. The number of carbonyl (C=O) groups is 1. The SMILES string of the molecule is CN(C(=O)c1sccc1Cl)C1CCCN(CCc2ccccc2)C1. The van der Waals surface area contributed by atoms with Crippen LogP contribution in [-0.2, 0) is 6.42 Å². The Morgan fingerprint density at radius 3 is 2.83 bits per heavy atom. The highest BCUT2D eigenvalue weighted by atomic mass is 35.5. The zero-order valence-corrected chi connectivity index (χ0v) is 15.5. The maximum Gasteiger partial charge on any atom is 0.265 e. The number of thiophene rings is 1. The quantitative estimate of drug-likeness (QED) is 0.796. The fraction of sp³-hybridized carbons (Fsp3) is 0.421. The number of amides is 1. The third-order valence-electron chi connectivity index (χ3n) is 4.72. The summed E-state index contributed by atoms with van der Waals surface area (Å²) < 4.78 is 0. The average Bonchev–Trinajstić information content (AvgIpc) is 3.06. The van der Waals surface area contributed by atoms with Crippen molar-refractivity contribution in [3.05, 3.63) is 57.2 Å². The molecule has 1 fully saturated rings. The molecule has 0 aliphatic carbocycles. The number of piperidine rings is 1. The molecule has 0 bridgehead atoms. The van der Waals surface area contributed by atoms with Gasteiger partial charge in [-0.2, -0.15) is 0 Å². The molecule has 128 valence electrons. The summed E-state index contributed by atoms with van der Waals surface area (Å²) in [6, 6.07) is 12.6. The first-order valence-corrected chi connectivity index (χ1v) is 9.67. The van der Waals surface area contributed by atoms with Crippen molar-refractivity contribution < 1.29 is 4.79 Å². The van der Waals surface area contributed by atoms with Crippen LogP contribution in [0.3, 0.4) is 0 Å². The molecule has 2 heterocycles. The Morgan fingerprint density at radius 2 is 2.12 bits per heavy atom. The molecule has 1 aliphatic rings. The number of nitrogens with zero attached hydrogens (tertiary/aromatic N) is 2. The molecule has 1 aromatic carbocycles. The first kappa shape index (κ1) is 17.5. The molecule has 1 atom stereocenters. The summed E-state index contributed by atoms with van der Waals surface area (Å²) in [5.41, 5.74) is 1.37. The van der Waals surface area contributed by atoms with E-state index in [1.807, 2.05) is 17.3 Å². The third kappa shape index (κ3) is 4.18. The molecule has 1 unspecified atom stereocenters. The molecule has 1 aliphatic heterocycles. The van der Waals surface area contributed by atoms with Crippen LogP contribution in [0.4, 0.5) is 0 Å². The molecule has 1 aromatic heterocycles. The van der Waals surface area contributed by atoms with Gasteiger partial charge in [-0.05, 0) is 42.8 Å². The summed E-state index contributed by atoms with van der Waals surface area (Å²) in [5.74, 6) is 0.0462. The summed E-state index contributed by atoms with van der Waals surface area (Å²) in [6.45, 7) is 3.10. The van der Waals surface area contributed by atoms with E-state index < -0.39 is 0 Å². The fourth-order valence-electron chi connectivity index (χ4n) is 3.25. The van der Waals surface area contributed by atoms with Crippen molar-refractivity contribution in [2.45, 2.75) is 25.3 Å². The normalized spacial score (nSPS) is 18.5. The summed E-state index contributed by atoms with van der Waals surface area (Å²) in [4.78, 5) is 17.7. The fourth-order valence-corrected chi connectivity index (χ4v) is 4.37. The molecular formula is C19H23ClN2OS. The smallest absolute Gasteiger partial charge is 0.265 e. The van der Waals surface area contributed by atoms with Crippen LogP contribution in [-0.4, -0.2) is 48.4 Å². The first-order chi connectivity index (χ1) is 11.6. The van der Waals surface area contributed by atoms with Gasteiger partial charge in [0.1, 0.15) is 4.88 Å². The minimum Gasteiger partial charge on any atom is -0.337 e. The number of halogens is 1. The van der Waals surface area contributed by atoms with Crippen LogP contribution in [0.2, 0.25) is 5.02 Å². The second-order valence-electron chi connectivity index (χ2n) is 6.35. The molecule has 2 aromatic rings. The van der Waals surface area contributed by atoms with E-state index in [0.29, 0.717) is 9.90 Å². The minimum absolute atomic E-state index is 0.0462. The monoisotopic (exact) mass is 362 g/mol. The summed E-state index contributed by atoms with van der Waals surface area (Å²) >= 11 is 7.54. The molecular weight excluding hydrogens is 340 g/mol. The van der Waals surface area contributed by atoms with E-state index in [0.717, 1.165) is 38.9 Å². The lowest BCUT2D eigenvalue weighted by molar-refractivity contribution is 0.0624. The van der Waals surface area contributed by atoms with Gasteiger partial charge in [0.25, 0.3) is 5.91 Å². The van der Waals surface area contributed by atoms with Gasteiger partial charge in [-0.1, -0.05) is 41.9 Å². The van der Waals surface area contributed by atoms with Crippen molar-refractivity contribution in [1.82, 2.24) is 9.80 Å². The molecule has 0 N–H and O–H groups in total. The van der Waals surface area contributed by atoms with Crippen molar-refractivity contribution in [3.63, 3.8) is 0 Å². The maximum absolute atomic E-state index is 12.6. The summed E-state index contributed by atoms with van der Waals surface area (Å²) in [7, 11) is 1.91. The zero-order valence-electron chi connectivity index (χ0n) is 14.0. The van der Waals surface area contributed by atoms with E-state index in [1.54, 1.807) is 6.07 Å². The standard InChI is InChI=1S/C19H23ClN2OS/c1-21(19(23)18-17(20)10-13-24-18)16-8-5-11-22(14-16)12-9-15-6-3-2-4-7-15/h2-4,6-7,10,13,16H,5,8-9,11-12,14H2,1H3. The second kappa shape index (κ2) is 8.15. The van der Waals surface area contributed by atoms with Crippen LogP contribution in [0, 0.1) is 0 Å². The highest BCUT2D eigenvalue weighted by Crippen LogP contribution is 2.25. The van der Waals surface area contributed by atoms with Gasteiger partial charge in [0.15, 0.2) is 0 Å². The lowest BCUT2D eigenvalue weighted by Crippen LogP contribution is -2.48. The Hall–Kier alpha value is -1.36. The lowest BCUT2D eigenvalue weighted by Gasteiger charge is -2.37. The van der Waals surface area contributed by atoms with E-state index in [4.69, 9.17) is 11.6 Å². The molecule has 1 saturated heterocycles. The largest absolute Gasteiger partial charge is 0.337 e. The molecule has 5 heteroatoms. The first-order valence-electron chi connectivity index (χ1n) is 8.41. The topological polar surface area (TPSA) is 23.6 Å². The molecule has 24 heavy (non-hydrogen) atoms. The Labute approximate surface area is 152 Å². The van der Waals surface area contributed by atoms with Gasteiger partial charge >= 0.3 is 0 Å². The predicted octanol–water partition coefficient (Wildman–Crippen LogP) is 4.18. The van der Waals surface area contributed by atoms with Crippen molar-refractivity contribution in [3.8, 4) is 0 Å². The van der Waals surface area contributed by atoms with Gasteiger partial charge < -0.3 is 9.80 Å². The predicted molar refractivity (Wildman–Crippen MR) is 101 cm³/mol. The molecule has 0 radical (unpaired) electrons. The molecule has 0 saturated carbocycles. The third-order valence-corrected chi connectivity index (χ3v) is 6.05. The highest BCUT2D eigenvalue weighted by molar-refractivity contribution is 7.12. The Morgan fingerprint density at radius 1 is 1.33 bits per heavy atom. The van der Waals surface area contributed by atoms with Crippen molar-refractivity contribution in [1.29, 1.82) is 0 Å². The Kier molecular flexibility index (Phi) is 5.93. The van der Waals surface area contributed by atoms with Crippen LogP contribution < -0.4 is 0 Å². The molecule has 3 rings (SSSR count). The van der Waals surface area contributed by atoms with E-state index in [2.05, 4.69) is 35.2 Å². The van der Waals surface area contributed by atoms with Gasteiger partial charge in [-0.15, -0.1) is 11.3 Å². The number of benzene rings is 1. The van der Waals surface area contributed by atoms with Crippen molar-refractivity contribution >= 4 is 28.8 Å². The second-order valence-corrected chi connectivity index (χ2v) is 7.67. The number of hydrogen-bond donors (Lipinski definition) is 0. The number of likely N-dealkylation sites (N-methyl/N-ethyl adjacent to an activating group) is 1. The maximum atomic E-state index is 12.6. The zero-order chi connectivity index (χ0) is 16.9. The number of carbonyl (C=O) groups excluding carboxylic acids is 1.